The summed E-state index contributed by atoms with van der Waals surface area (Å²) in [4.78, 5) is 16.9. The Bertz CT molecular complexity index is 1050. The molecule has 3 rings (SSSR count). The van der Waals surface area contributed by atoms with E-state index in [9.17, 15) is 9.00 Å². The summed E-state index contributed by atoms with van der Waals surface area (Å²) in [5, 5.41) is 24.3. The van der Waals surface area contributed by atoms with Gasteiger partial charge >= 0.3 is 0 Å². The lowest BCUT2D eigenvalue weighted by molar-refractivity contribution is 0.0958. The SMILES string of the molecule is CNC(=O)c1nnc(Nc2ccc(OC)nn2)cc1Nc1ncccc1S(C)=O. The molecule has 0 spiro atoms. The summed E-state index contributed by atoms with van der Waals surface area (Å²) in [6.45, 7) is 0. The standard InChI is InChI=1S/C17H18N8O3S/c1-18-17(26)15-10(20-16-11(29(3)27)5-4-8-19-16)9-13(23-25-15)21-12-6-7-14(28-2)24-22-12/h4-9H,1-3H3,(H,18,26)(H2,19,20,21,22,23). The van der Waals surface area contributed by atoms with E-state index in [0.29, 0.717) is 33.9 Å². The quantitative estimate of drug-likeness (QED) is 0.516. The monoisotopic (exact) mass is 414 g/mol. The number of aromatic nitrogens is 5. The first-order chi connectivity index (χ1) is 14.0. The van der Waals surface area contributed by atoms with Gasteiger partial charge in [-0.25, -0.2) is 4.98 Å². The second kappa shape index (κ2) is 9.01. The molecule has 1 amide bonds. The Balaban J connectivity index is 1.96. The molecule has 1 unspecified atom stereocenters. The minimum atomic E-state index is -1.28. The lowest BCUT2D eigenvalue weighted by Crippen LogP contribution is -2.21. The minimum absolute atomic E-state index is 0.0531. The van der Waals surface area contributed by atoms with Gasteiger partial charge in [0.1, 0.15) is 5.82 Å². The molecule has 0 fully saturated rings. The molecular formula is C17H18N8O3S. The summed E-state index contributed by atoms with van der Waals surface area (Å²) in [7, 11) is 1.70. The van der Waals surface area contributed by atoms with Gasteiger partial charge in [-0.05, 0) is 18.2 Å². The van der Waals surface area contributed by atoms with Crippen molar-refractivity contribution in [3.05, 3.63) is 42.2 Å². The summed E-state index contributed by atoms with van der Waals surface area (Å²) >= 11 is 0. The summed E-state index contributed by atoms with van der Waals surface area (Å²) in [5.41, 5.74) is 0.381. The van der Waals surface area contributed by atoms with Gasteiger partial charge in [0.25, 0.3) is 5.91 Å². The fourth-order valence-corrected chi connectivity index (χ4v) is 2.95. The Morgan fingerprint density at radius 3 is 2.52 bits per heavy atom. The molecule has 0 saturated heterocycles. The van der Waals surface area contributed by atoms with E-state index in [-0.39, 0.29) is 5.69 Å². The van der Waals surface area contributed by atoms with Crippen LogP contribution in [0.25, 0.3) is 0 Å². The highest BCUT2D eigenvalue weighted by Crippen LogP contribution is 2.25. The van der Waals surface area contributed by atoms with E-state index in [1.807, 2.05) is 0 Å². The second-order valence-electron chi connectivity index (χ2n) is 5.59. The fraction of sp³-hybridized carbons (Fsp3) is 0.176. The van der Waals surface area contributed by atoms with Crippen LogP contribution in [0.4, 0.5) is 23.1 Å². The molecular weight excluding hydrogens is 396 g/mol. The Kier molecular flexibility index (Phi) is 6.24. The molecule has 150 valence electrons. The Hall–Kier alpha value is -3.67. The lowest BCUT2D eigenvalue weighted by Gasteiger charge is -2.13. The molecule has 3 heterocycles. The van der Waals surface area contributed by atoms with E-state index < -0.39 is 16.7 Å². The first kappa shape index (κ1) is 20.1. The van der Waals surface area contributed by atoms with Gasteiger partial charge in [-0.3, -0.25) is 9.00 Å². The van der Waals surface area contributed by atoms with Crippen LogP contribution in [-0.2, 0) is 10.8 Å². The van der Waals surface area contributed by atoms with Crippen LogP contribution in [0.5, 0.6) is 5.88 Å². The zero-order chi connectivity index (χ0) is 20.8. The van der Waals surface area contributed by atoms with Crippen molar-refractivity contribution in [1.82, 2.24) is 30.7 Å². The second-order valence-corrected chi connectivity index (χ2v) is 6.93. The van der Waals surface area contributed by atoms with Crippen LogP contribution in [0.15, 0.2) is 41.4 Å². The molecule has 0 bridgehead atoms. The van der Waals surface area contributed by atoms with E-state index in [0.717, 1.165) is 0 Å². The van der Waals surface area contributed by atoms with E-state index >= 15 is 0 Å². The highest BCUT2D eigenvalue weighted by Gasteiger charge is 2.17. The van der Waals surface area contributed by atoms with Crippen molar-refractivity contribution in [1.29, 1.82) is 0 Å². The number of pyridine rings is 1. The Morgan fingerprint density at radius 1 is 1.07 bits per heavy atom. The minimum Gasteiger partial charge on any atom is -0.480 e. The molecule has 0 radical (unpaired) electrons. The summed E-state index contributed by atoms with van der Waals surface area (Å²) in [5.74, 6) is 1.00. The van der Waals surface area contributed by atoms with Crippen molar-refractivity contribution in [2.75, 3.05) is 31.0 Å². The van der Waals surface area contributed by atoms with E-state index in [1.54, 1.807) is 42.8 Å². The number of rotatable bonds is 7. The van der Waals surface area contributed by atoms with Crippen molar-refractivity contribution in [3.63, 3.8) is 0 Å². The largest absolute Gasteiger partial charge is 0.480 e. The van der Waals surface area contributed by atoms with E-state index in [4.69, 9.17) is 4.74 Å². The van der Waals surface area contributed by atoms with Gasteiger partial charge in [-0.2, -0.15) is 0 Å². The molecule has 3 N–H and O–H groups in total. The molecule has 11 nitrogen and oxygen atoms in total. The Morgan fingerprint density at radius 2 is 1.86 bits per heavy atom. The highest BCUT2D eigenvalue weighted by atomic mass is 32.2. The molecule has 29 heavy (non-hydrogen) atoms. The maximum absolute atomic E-state index is 12.2. The average Bonchev–Trinajstić information content (AvgIpc) is 2.74. The molecule has 0 aromatic carbocycles. The van der Waals surface area contributed by atoms with Crippen molar-refractivity contribution >= 4 is 39.8 Å². The molecule has 3 aromatic rings. The lowest BCUT2D eigenvalue weighted by atomic mass is 10.3. The van der Waals surface area contributed by atoms with Crippen LogP contribution < -0.4 is 20.7 Å². The van der Waals surface area contributed by atoms with Crippen LogP contribution in [-0.4, -0.2) is 55.9 Å². The predicted octanol–water partition coefficient (Wildman–Crippen LogP) is 1.25. The third-order valence-corrected chi connectivity index (χ3v) is 4.62. The van der Waals surface area contributed by atoms with E-state index in [2.05, 4.69) is 41.3 Å². The van der Waals surface area contributed by atoms with Gasteiger partial charge in [0.15, 0.2) is 17.3 Å². The molecule has 12 heteroatoms. The van der Waals surface area contributed by atoms with E-state index in [1.165, 1.54) is 14.2 Å². The number of amides is 1. The third-order valence-electron chi connectivity index (χ3n) is 3.67. The van der Waals surface area contributed by atoms with Gasteiger partial charge in [0.05, 0.1) is 28.5 Å². The number of methoxy groups -OCH3 is 1. The van der Waals surface area contributed by atoms with Gasteiger partial charge in [-0.15, -0.1) is 20.4 Å². The van der Waals surface area contributed by atoms with Gasteiger partial charge in [-0.1, -0.05) is 0 Å². The summed E-state index contributed by atoms with van der Waals surface area (Å²) in [6, 6.07) is 8.23. The van der Waals surface area contributed by atoms with Crippen molar-refractivity contribution in [2.45, 2.75) is 4.90 Å². The molecule has 0 aliphatic heterocycles. The van der Waals surface area contributed by atoms with Gasteiger partial charge < -0.3 is 20.7 Å². The first-order valence-corrected chi connectivity index (χ1v) is 9.87. The van der Waals surface area contributed by atoms with Gasteiger partial charge in [0, 0.05) is 31.6 Å². The number of nitrogens with zero attached hydrogens (tertiary/aromatic N) is 5. The number of anilines is 4. The fourth-order valence-electron chi connectivity index (χ4n) is 2.30. The molecule has 3 aromatic heterocycles. The number of hydrogen-bond donors (Lipinski definition) is 3. The zero-order valence-electron chi connectivity index (χ0n) is 15.8. The number of ether oxygens (including phenoxy) is 1. The van der Waals surface area contributed by atoms with Crippen molar-refractivity contribution in [3.8, 4) is 5.88 Å². The molecule has 0 aliphatic carbocycles. The normalized spacial score (nSPS) is 11.4. The Labute approximate surface area is 168 Å². The van der Waals surface area contributed by atoms with Crippen LogP contribution in [0, 0.1) is 0 Å². The molecule has 0 saturated carbocycles. The maximum atomic E-state index is 12.2. The summed E-state index contributed by atoms with van der Waals surface area (Å²) < 4.78 is 17.0. The summed E-state index contributed by atoms with van der Waals surface area (Å²) in [6.07, 6.45) is 3.10. The average molecular weight is 414 g/mol. The number of nitrogens with one attached hydrogen (secondary N) is 3. The highest BCUT2D eigenvalue weighted by molar-refractivity contribution is 7.84. The number of hydrogen-bond acceptors (Lipinski definition) is 10. The number of carbonyl (C=O) groups is 1. The van der Waals surface area contributed by atoms with Crippen molar-refractivity contribution in [2.24, 2.45) is 0 Å². The maximum Gasteiger partial charge on any atom is 0.273 e. The van der Waals surface area contributed by atoms with Crippen molar-refractivity contribution < 1.29 is 13.7 Å². The topological polar surface area (TPSA) is 144 Å². The van der Waals surface area contributed by atoms with Crippen LogP contribution in [0.1, 0.15) is 10.5 Å². The van der Waals surface area contributed by atoms with Gasteiger partial charge in [0.2, 0.25) is 5.88 Å². The van der Waals surface area contributed by atoms with Crippen LogP contribution in [0.3, 0.4) is 0 Å². The molecule has 1 atom stereocenters. The predicted molar refractivity (Wildman–Crippen MR) is 107 cm³/mol. The first-order valence-electron chi connectivity index (χ1n) is 8.32. The van der Waals surface area contributed by atoms with Crippen LogP contribution in [0.2, 0.25) is 0 Å². The molecule has 0 aliphatic rings. The van der Waals surface area contributed by atoms with Crippen LogP contribution >= 0.6 is 0 Å². The zero-order valence-corrected chi connectivity index (χ0v) is 16.6. The number of carbonyl (C=O) groups excluding carboxylic acids is 1. The smallest absolute Gasteiger partial charge is 0.273 e. The third kappa shape index (κ3) is 4.79.